The number of rotatable bonds is 5. The molecule has 2 aromatic carbocycles. The zero-order valence-corrected chi connectivity index (χ0v) is 18.8. The number of aryl methyl sites for hydroxylation is 1. The van der Waals surface area contributed by atoms with Crippen LogP contribution in [-0.4, -0.2) is 25.7 Å². The van der Waals surface area contributed by atoms with Crippen LogP contribution in [0.3, 0.4) is 0 Å². The Balaban J connectivity index is 2.23. The zero-order chi connectivity index (χ0) is 24.1. The molecule has 0 saturated carbocycles. The number of carbonyl (C=O) groups is 1. The number of nitriles is 1. The first-order valence-corrected chi connectivity index (χ1v) is 10.8. The molecule has 0 atom stereocenters. The van der Waals surface area contributed by atoms with Crippen molar-refractivity contribution in [3.8, 4) is 28.1 Å². The van der Waals surface area contributed by atoms with Crippen molar-refractivity contribution in [2.75, 3.05) is 0 Å². The van der Waals surface area contributed by atoms with Crippen LogP contribution in [-0.2, 0) is 5.41 Å². The van der Waals surface area contributed by atoms with Gasteiger partial charge in [-0.05, 0) is 36.8 Å². The van der Waals surface area contributed by atoms with E-state index < -0.39 is 23.0 Å². The monoisotopic (exact) mass is 467 g/mol. The number of aromatic nitrogens is 2. The summed E-state index contributed by atoms with van der Waals surface area (Å²) in [4.78, 5) is 15.8. The van der Waals surface area contributed by atoms with Gasteiger partial charge in [0.2, 0.25) is 0 Å². The summed E-state index contributed by atoms with van der Waals surface area (Å²) in [6.07, 6.45) is 1.28. The van der Waals surface area contributed by atoms with Crippen LogP contribution in [0, 0.1) is 29.9 Å². The topological polar surface area (TPSA) is 99.1 Å². The molecule has 2 heterocycles. The number of halogens is 2. The molecule has 0 spiro atoms. The molecule has 0 radical (unpaired) electrons. The normalized spacial score (nSPS) is 11.6. The van der Waals surface area contributed by atoms with Crippen molar-refractivity contribution < 1.29 is 23.8 Å². The molecule has 2 aromatic heterocycles. The van der Waals surface area contributed by atoms with E-state index in [-0.39, 0.29) is 22.4 Å². The number of aromatic hydroxyl groups is 1. The van der Waals surface area contributed by atoms with Crippen LogP contribution in [0.15, 0.2) is 36.5 Å². The van der Waals surface area contributed by atoms with Gasteiger partial charge in [-0.2, -0.15) is 5.26 Å². The lowest BCUT2D eigenvalue weighted by atomic mass is 9.83. The number of hydrogen-bond donors (Lipinski definition) is 2. The third kappa shape index (κ3) is 3.72. The second-order valence-corrected chi connectivity index (χ2v) is 9.40. The summed E-state index contributed by atoms with van der Waals surface area (Å²) >= 11 is 0.913. The van der Waals surface area contributed by atoms with E-state index in [0.29, 0.717) is 33.0 Å². The zero-order valence-electron chi connectivity index (χ0n) is 18.0. The minimum absolute atomic E-state index is 0.00540. The van der Waals surface area contributed by atoms with Gasteiger partial charge >= 0.3 is 5.97 Å². The molecule has 4 aromatic rings. The fourth-order valence-corrected chi connectivity index (χ4v) is 4.82. The minimum atomic E-state index is -1.15. The summed E-state index contributed by atoms with van der Waals surface area (Å²) < 4.78 is 30.2. The number of benzene rings is 2. The quantitative estimate of drug-likeness (QED) is 0.379. The Morgan fingerprint density at radius 3 is 2.61 bits per heavy atom. The van der Waals surface area contributed by atoms with Crippen LogP contribution in [0.25, 0.3) is 27.2 Å². The largest absolute Gasteiger partial charge is 0.507 e. The van der Waals surface area contributed by atoms with Crippen LogP contribution in [0.2, 0.25) is 0 Å². The average Bonchev–Trinajstić information content (AvgIpc) is 3.33. The molecule has 2 N–H and O–H groups in total. The van der Waals surface area contributed by atoms with Gasteiger partial charge in [-0.15, -0.1) is 11.3 Å². The molecule has 6 nitrogen and oxygen atoms in total. The number of phenolic OH excluding ortho intramolecular Hbond substituents is 1. The summed E-state index contributed by atoms with van der Waals surface area (Å²) in [6.45, 7) is 5.24. The molecular formula is C24H19F2N3O3S. The number of hydrogen-bond acceptors (Lipinski definition) is 5. The van der Waals surface area contributed by atoms with Gasteiger partial charge < -0.3 is 14.8 Å². The summed E-state index contributed by atoms with van der Waals surface area (Å²) in [5.41, 5.74) is 1.26. The Morgan fingerprint density at radius 2 is 2.00 bits per heavy atom. The predicted molar refractivity (Wildman–Crippen MR) is 121 cm³/mol. The highest BCUT2D eigenvalue weighted by Gasteiger charge is 2.34. The molecule has 0 unspecified atom stereocenters. The highest BCUT2D eigenvalue weighted by molar-refractivity contribution is 7.16. The average molecular weight is 467 g/mol. The fraction of sp³-hybridized carbons (Fsp3) is 0.208. The Morgan fingerprint density at radius 1 is 1.27 bits per heavy atom. The molecule has 0 fully saturated rings. The second-order valence-electron chi connectivity index (χ2n) is 8.37. The number of aromatic carboxylic acids is 1. The van der Waals surface area contributed by atoms with E-state index in [1.165, 1.54) is 24.4 Å². The Labute approximate surface area is 192 Å². The lowest BCUT2D eigenvalue weighted by Crippen LogP contribution is -2.21. The lowest BCUT2D eigenvalue weighted by Gasteiger charge is -2.26. The molecule has 0 aliphatic rings. The smallest absolute Gasteiger partial charge is 0.347 e. The standard InChI is InChI=1S/C24H19F2N3O3S/c1-12-8-14(4-5-15(12)26)29-16-9-13(25)10-17(30)19(16)20(21(29)24(2,3)6-7-27)22-28-11-18(33-22)23(31)32/h4-5,8-11,30H,6H2,1-3H3,(H,31,32). The molecule has 168 valence electrons. The van der Waals surface area contributed by atoms with Crippen molar-refractivity contribution in [1.29, 1.82) is 5.26 Å². The maximum atomic E-state index is 14.5. The Kier molecular flexibility index (Phi) is 5.42. The number of phenols is 1. The summed E-state index contributed by atoms with van der Waals surface area (Å²) in [6, 6.07) is 8.79. The number of carboxylic acid groups (broad SMARTS) is 1. The van der Waals surface area contributed by atoms with Gasteiger partial charge in [0.05, 0.1) is 23.2 Å². The number of fused-ring (bicyclic) bond motifs is 1. The van der Waals surface area contributed by atoms with E-state index >= 15 is 0 Å². The molecule has 0 saturated heterocycles. The van der Waals surface area contributed by atoms with Gasteiger partial charge in [-0.3, -0.25) is 0 Å². The highest BCUT2D eigenvalue weighted by atomic mass is 32.1. The summed E-state index contributed by atoms with van der Waals surface area (Å²) in [5, 5.41) is 30.2. The van der Waals surface area contributed by atoms with Crippen LogP contribution in [0.4, 0.5) is 8.78 Å². The molecule has 0 aliphatic carbocycles. The van der Waals surface area contributed by atoms with Gasteiger partial charge in [-0.25, -0.2) is 18.6 Å². The van der Waals surface area contributed by atoms with Gasteiger partial charge in [0.15, 0.2) is 0 Å². The van der Waals surface area contributed by atoms with Crippen LogP contribution in [0.5, 0.6) is 5.75 Å². The highest BCUT2D eigenvalue weighted by Crippen LogP contribution is 2.48. The third-order valence-corrected chi connectivity index (χ3v) is 6.51. The number of carboxylic acids is 1. The summed E-state index contributed by atoms with van der Waals surface area (Å²) in [5.74, 6) is -2.59. The van der Waals surface area contributed by atoms with E-state index in [4.69, 9.17) is 0 Å². The third-order valence-electron chi connectivity index (χ3n) is 5.50. The van der Waals surface area contributed by atoms with Gasteiger partial charge in [-0.1, -0.05) is 13.8 Å². The van der Waals surface area contributed by atoms with Crippen LogP contribution in [0.1, 0.15) is 41.2 Å². The second kappa shape index (κ2) is 7.98. The van der Waals surface area contributed by atoms with E-state index in [9.17, 15) is 29.1 Å². The van der Waals surface area contributed by atoms with Crippen molar-refractivity contribution in [2.24, 2.45) is 0 Å². The van der Waals surface area contributed by atoms with E-state index in [0.717, 1.165) is 17.4 Å². The molecule has 0 bridgehead atoms. The van der Waals surface area contributed by atoms with Crippen LogP contribution < -0.4 is 0 Å². The minimum Gasteiger partial charge on any atom is -0.507 e. The van der Waals surface area contributed by atoms with Crippen LogP contribution >= 0.6 is 11.3 Å². The van der Waals surface area contributed by atoms with Crippen molar-refractivity contribution in [3.05, 3.63) is 64.3 Å². The lowest BCUT2D eigenvalue weighted by molar-refractivity contribution is 0.0702. The van der Waals surface area contributed by atoms with Crippen molar-refractivity contribution in [1.82, 2.24) is 9.55 Å². The molecule has 0 aliphatic heterocycles. The number of thiazole rings is 1. The fourth-order valence-electron chi connectivity index (χ4n) is 4.02. The first kappa shape index (κ1) is 22.4. The summed E-state index contributed by atoms with van der Waals surface area (Å²) in [7, 11) is 0. The van der Waals surface area contributed by atoms with Gasteiger partial charge in [0.1, 0.15) is 27.3 Å². The maximum absolute atomic E-state index is 14.5. The predicted octanol–water partition coefficient (Wildman–Crippen LogP) is 5.94. The van der Waals surface area contributed by atoms with E-state index in [2.05, 4.69) is 11.1 Å². The first-order chi connectivity index (χ1) is 15.5. The Bertz CT molecular complexity index is 1460. The SMILES string of the molecule is Cc1cc(-n2c(C(C)(C)CC#N)c(-c3ncc(C(=O)O)s3)c3c(O)cc(F)cc32)ccc1F. The van der Waals surface area contributed by atoms with Gasteiger partial charge in [0.25, 0.3) is 0 Å². The van der Waals surface area contributed by atoms with Crippen molar-refractivity contribution in [3.63, 3.8) is 0 Å². The van der Waals surface area contributed by atoms with Gasteiger partial charge in [0, 0.05) is 34.8 Å². The molecule has 4 rings (SSSR count). The molecular weight excluding hydrogens is 448 g/mol. The molecule has 33 heavy (non-hydrogen) atoms. The van der Waals surface area contributed by atoms with Crippen molar-refractivity contribution >= 4 is 28.2 Å². The molecule has 0 amide bonds. The molecule has 9 heteroatoms. The maximum Gasteiger partial charge on any atom is 0.347 e. The van der Waals surface area contributed by atoms with E-state index in [1.54, 1.807) is 17.6 Å². The van der Waals surface area contributed by atoms with E-state index in [1.807, 2.05) is 13.8 Å². The van der Waals surface area contributed by atoms with Crippen molar-refractivity contribution in [2.45, 2.75) is 32.6 Å². The number of nitrogens with zero attached hydrogens (tertiary/aromatic N) is 3. The Hall–Kier alpha value is -3.77. The first-order valence-electron chi connectivity index (χ1n) is 9.95.